The normalized spacial score (nSPS) is 12.2. The third-order valence-electron chi connectivity index (χ3n) is 3.12. The number of hydrogen-bond acceptors (Lipinski definition) is 1. The Morgan fingerprint density at radius 2 is 1.79 bits per heavy atom. The smallest absolute Gasteiger partial charge is 0.229 e. The number of halogens is 2. The molecule has 0 aliphatic heterocycles. The fourth-order valence-corrected chi connectivity index (χ4v) is 2.22. The molecule has 1 nitrogen and oxygen atoms in total. The van der Waals surface area contributed by atoms with Crippen molar-refractivity contribution in [3.63, 3.8) is 0 Å². The number of rotatable bonds is 4. The van der Waals surface area contributed by atoms with E-state index >= 15 is 0 Å². The van der Waals surface area contributed by atoms with Gasteiger partial charge < -0.3 is 0 Å². The van der Waals surface area contributed by atoms with E-state index in [1.807, 2.05) is 31.2 Å². The predicted octanol–water partition coefficient (Wildman–Crippen LogP) is 4.23. The van der Waals surface area contributed by atoms with Gasteiger partial charge in [-0.2, -0.15) is 0 Å². The highest BCUT2D eigenvalue weighted by atomic mass is 35.5. The molecule has 0 saturated heterocycles. The summed E-state index contributed by atoms with van der Waals surface area (Å²) in [5, 5.41) is -0.536. The number of carbonyl (C=O) groups excluding carboxylic acids is 1. The van der Waals surface area contributed by atoms with Crippen molar-refractivity contribution in [1.82, 2.24) is 0 Å². The van der Waals surface area contributed by atoms with Crippen LogP contribution in [0.3, 0.4) is 0 Å². The lowest BCUT2D eigenvalue weighted by molar-refractivity contribution is -0.113. The van der Waals surface area contributed by atoms with Gasteiger partial charge in [-0.05, 0) is 42.1 Å². The minimum atomic E-state index is -0.648. The van der Waals surface area contributed by atoms with E-state index in [4.69, 9.17) is 11.6 Å². The standard InChI is InChI=1S/C16H14ClFO/c1-11-6-8-12(9-7-11)10-14(16(17)19)13-4-2-3-5-15(13)18/h2-9,14H,10H2,1H3. The minimum Gasteiger partial charge on any atom is -0.281 e. The van der Waals surface area contributed by atoms with Crippen LogP contribution in [0.1, 0.15) is 22.6 Å². The molecule has 2 aromatic rings. The van der Waals surface area contributed by atoms with Gasteiger partial charge in [0.1, 0.15) is 5.82 Å². The maximum atomic E-state index is 13.8. The molecule has 1 unspecified atom stereocenters. The number of benzene rings is 2. The van der Waals surface area contributed by atoms with Crippen molar-refractivity contribution >= 4 is 16.8 Å². The van der Waals surface area contributed by atoms with Crippen LogP contribution in [0.15, 0.2) is 48.5 Å². The van der Waals surface area contributed by atoms with Crippen LogP contribution in [0.4, 0.5) is 4.39 Å². The van der Waals surface area contributed by atoms with Gasteiger partial charge in [0.05, 0.1) is 5.92 Å². The first-order valence-corrected chi connectivity index (χ1v) is 6.45. The van der Waals surface area contributed by atoms with Crippen LogP contribution in [0.5, 0.6) is 0 Å². The molecule has 0 heterocycles. The van der Waals surface area contributed by atoms with E-state index in [1.54, 1.807) is 18.2 Å². The highest BCUT2D eigenvalue weighted by Gasteiger charge is 2.22. The number of carbonyl (C=O) groups is 1. The van der Waals surface area contributed by atoms with E-state index < -0.39 is 17.0 Å². The van der Waals surface area contributed by atoms with Crippen LogP contribution in [-0.4, -0.2) is 5.24 Å². The van der Waals surface area contributed by atoms with Gasteiger partial charge in [-0.3, -0.25) is 4.79 Å². The van der Waals surface area contributed by atoms with Gasteiger partial charge in [0, 0.05) is 0 Å². The molecule has 0 N–H and O–H groups in total. The molecule has 1 atom stereocenters. The zero-order valence-corrected chi connectivity index (χ0v) is 11.3. The number of aryl methyl sites for hydroxylation is 1. The van der Waals surface area contributed by atoms with Crippen molar-refractivity contribution < 1.29 is 9.18 Å². The maximum absolute atomic E-state index is 13.8. The van der Waals surface area contributed by atoms with Crippen LogP contribution in [0, 0.1) is 12.7 Å². The molecule has 98 valence electrons. The van der Waals surface area contributed by atoms with Crippen LogP contribution < -0.4 is 0 Å². The Balaban J connectivity index is 2.29. The molecule has 0 spiro atoms. The summed E-state index contributed by atoms with van der Waals surface area (Å²) in [5.41, 5.74) is 2.46. The molecule has 19 heavy (non-hydrogen) atoms. The van der Waals surface area contributed by atoms with Gasteiger partial charge in [-0.25, -0.2) is 4.39 Å². The zero-order chi connectivity index (χ0) is 13.8. The Bertz CT molecular complexity index is 578. The van der Waals surface area contributed by atoms with E-state index in [9.17, 15) is 9.18 Å². The summed E-state index contributed by atoms with van der Waals surface area (Å²) >= 11 is 5.63. The molecule has 0 aliphatic carbocycles. The van der Waals surface area contributed by atoms with Gasteiger partial charge in [0.25, 0.3) is 0 Å². The molecule has 3 heteroatoms. The van der Waals surface area contributed by atoms with Gasteiger partial charge in [0.2, 0.25) is 5.24 Å². The van der Waals surface area contributed by atoms with Crippen LogP contribution in [-0.2, 0) is 11.2 Å². The van der Waals surface area contributed by atoms with E-state index in [0.29, 0.717) is 12.0 Å². The highest BCUT2D eigenvalue weighted by Crippen LogP contribution is 2.26. The first kappa shape index (κ1) is 13.8. The van der Waals surface area contributed by atoms with Gasteiger partial charge in [0.15, 0.2) is 0 Å². The second-order valence-electron chi connectivity index (χ2n) is 4.57. The summed E-state index contributed by atoms with van der Waals surface area (Å²) in [6.07, 6.45) is 0.406. The molecule has 0 aliphatic rings. The Hall–Kier alpha value is -1.67. The monoisotopic (exact) mass is 276 g/mol. The molecule has 0 fully saturated rings. The van der Waals surface area contributed by atoms with Gasteiger partial charge in [-0.1, -0.05) is 48.0 Å². The van der Waals surface area contributed by atoms with Crippen molar-refractivity contribution in [3.8, 4) is 0 Å². The third-order valence-corrected chi connectivity index (χ3v) is 3.38. The van der Waals surface area contributed by atoms with Crippen molar-refractivity contribution in [1.29, 1.82) is 0 Å². The molecule has 0 amide bonds. The molecule has 0 bridgehead atoms. The summed E-state index contributed by atoms with van der Waals surface area (Å²) in [7, 11) is 0. The molecular formula is C16H14ClFO. The maximum Gasteiger partial charge on any atom is 0.229 e. The molecule has 0 aromatic heterocycles. The molecular weight excluding hydrogens is 263 g/mol. The molecule has 0 saturated carbocycles. The van der Waals surface area contributed by atoms with E-state index in [0.717, 1.165) is 11.1 Å². The lowest BCUT2D eigenvalue weighted by Crippen LogP contribution is -2.12. The van der Waals surface area contributed by atoms with Crippen LogP contribution in [0.2, 0.25) is 0 Å². The lowest BCUT2D eigenvalue weighted by Gasteiger charge is -2.14. The molecule has 2 aromatic carbocycles. The average Bonchev–Trinajstić information content (AvgIpc) is 2.39. The predicted molar refractivity (Wildman–Crippen MR) is 74.9 cm³/mol. The summed E-state index contributed by atoms with van der Waals surface area (Å²) in [4.78, 5) is 11.6. The summed E-state index contributed by atoms with van der Waals surface area (Å²) in [6, 6.07) is 14.1. The second kappa shape index (κ2) is 5.98. The lowest BCUT2D eigenvalue weighted by atomic mass is 9.92. The van der Waals surface area contributed by atoms with Gasteiger partial charge >= 0.3 is 0 Å². The topological polar surface area (TPSA) is 17.1 Å². The van der Waals surface area contributed by atoms with Crippen molar-refractivity contribution in [2.75, 3.05) is 0 Å². The van der Waals surface area contributed by atoms with E-state index in [1.165, 1.54) is 6.07 Å². The summed E-state index contributed by atoms with van der Waals surface area (Å²) in [5.74, 6) is -1.04. The fourth-order valence-electron chi connectivity index (χ4n) is 2.03. The van der Waals surface area contributed by atoms with Crippen LogP contribution >= 0.6 is 11.6 Å². The highest BCUT2D eigenvalue weighted by molar-refractivity contribution is 6.64. The van der Waals surface area contributed by atoms with Crippen molar-refractivity contribution in [2.45, 2.75) is 19.3 Å². The summed E-state index contributed by atoms with van der Waals surface area (Å²) in [6.45, 7) is 1.99. The first-order chi connectivity index (χ1) is 9.08. The molecule has 2 rings (SSSR count). The average molecular weight is 277 g/mol. The first-order valence-electron chi connectivity index (χ1n) is 6.07. The number of hydrogen-bond donors (Lipinski definition) is 0. The molecule has 0 radical (unpaired) electrons. The van der Waals surface area contributed by atoms with Gasteiger partial charge in [-0.15, -0.1) is 0 Å². The quantitative estimate of drug-likeness (QED) is 0.764. The van der Waals surface area contributed by atoms with E-state index in [2.05, 4.69) is 0 Å². The largest absolute Gasteiger partial charge is 0.281 e. The SMILES string of the molecule is Cc1ccc(CC(C(=O)Cl)c2ccccc2F)cc1. The zero-order valence-electron chi connectivity index (χ0n) is 10.6. The van der Waals surface area contributed by atoms with E-state index in [-0.39, 0.29) is 0 Å². The Kier molecular flexibility index (Phi) is 4.33. The Morgan fingerprint density at radius 1 is 1.16 bits per heavy atom. The van der Waals surface area contributed by atoms with Crippen LogP contribution in [0.25, 0.3) is 0 Å². The van der Waals surface area contributed by atoms with Crippen molar-refractivity contribution in [2.24, 2.45) is 0 Å². The summed E-state index contributed by atoms with van der Waals surface area (Å²) < 4.78 is 13.8. The fraction of sp³-hybridized carbons (Fsp3) is 0.188. The Morgan fingerprint density at radius 3 is 2.37 bits per heavy atom. The van der Waals surface area contributed by atoms with Crippen molar-refractivity contribution in [3.05, 3.63) is 71.0 Å². The second-order valence-corrected chi connectivity index (χ2v) is 4.94. The third kappa shape index (κ3) is 3.42. The Labute approximate surface area is 117 Å². The minimum absolute atomic E-state index is 0.350.